The van der Waals surface area contributed by atoms with Crippen LogP contribution in [-0.2, 0) is 0 Å². The third-order valence-corrected chi connectivity index (χ3v) is 2.26. The van der Waals surface area contributed by atoms with Gasteiger partial charge in [0, 0.05) is 6.20 Å². The lowest BCUT2D eigenvalue weighted by Gasteiger charge is -2.18. The predicted molar refractivity (Wildman–Crippen MR) is 63.0 cm³/mol. The molecule has 15 heavy (non-hydrogen) atoms. The number of nitrogens with two attached hydrogens (primary N) is 1. The monoisotopic (exact) mass is 208 g/mol. The van der Waals surface area contributed by atoms with Crippen LogP contribution >= 0.6 is 0 Å². The maximum atomic E-state index is 5.84. The Morgan fingerprint density at radius 2 is 2.07 bits per heavy atom. The first-order valence-corrected chi connectivity index (χ1v) is 5.24. The van der Waals surface area contributed by atoms with E-state index >= 15 is 0 Å². The van der Waals surface area contributed by atoms with E-state index in [1.54, 1.807) is 6.20 Å². The summed E-state index contributed by atoms with van der Waals surface area (Å²) in [6, 6.07) is 1.88. The fourth-order valence-corrected chi connectivity index (χ4v) is 1.11. The molecule has 3 heteroatoms. The van der Waals surface area contributed by atoms with Crippen molar-refractivity contribution in [3.05, 3.63) is 17.8 Å². The van der Waals surface area contributed by atoms with Crippen molar-refractivity contribution in [1.82, 2.24) is 4.98 Å². The minimum atomic E-state index is 0.276. The van der Waals surface area contributed by atoms with Crippen molar-refractivity contribution in [3.63, 3.8) is 0 Å². The molecule has 0 spiro atoms. The van der Waals surface area contributed by atoms with Crippen molar-refractivity contribution in [2.75, 3.05) is 12.3 Å². The van der Waals surface area contributed by atoms with E-state index in [0.717, 1.165) is 12.0 Å². The van der Waals surface area contributed by atoms with Gasteiger partial charge in [-0.3, -0.25) is 0 Å². The second kappa shape index (κ2) is 4.51. The molecule has 0 atom stereocenters. The van der Waals surface area contributed by atoms with Crippen LogP contribution in [0.5, 0.6) is 5.88 Å². The first kappa shape index (κ1) is 11.8. The van der Waals surface area contributed by atoms with E-state index < -0.39 is 0 Å². The molecule has 3 nitrogen and oxygen atoms in total. The van der Waals surface area contributed by atoms with Crippen LogP contribution in [-0.4, -0.2) is 11.6 Å². The van der Waals surface area contributed by atoms with Gasteiger partial charge < -0.3 is 10.5 Å². The zero-order valence-corrected chi connectivity index (χ0v) is 10.0. The highest BCUT2D eigenvalue weighted by Gasteiger charge is 2.11. The molecular weight excluding hydrogens is 188 g/mol. The lowest BCUT2D eigenvalue weighted by atomic mass is 9.93. The first-order chi connectivity index (χ1) is 6.90. The van der Waals surface area contributed by atoms with Crippen LogP contribution in [0.25, 0.3) is 0 Å². The number of nitrogen functional groups attached to an aromatic ring is 1. The topological polar surface area (TPSA) is 48.1 Å². The molecule has 0 saturated heterocycles. The van der Waals surface area contributed by atoms with Crippen molar-refractivity contribution in [2.24, 2.45) is 5.41 Å². The number of rotatable bonds is 3. The minimum Gasteiger partial charge on any atom is -0.476 e. The molecule has 1 aromatic heterocycles. The molecule has 0 radical (unpaired) electrons. The van der Waals surface area contributed by atoms with Crippen LogP contribution in [0.15, 0.2) is 12.3 Å². The smallest absolute Gasteiger partial charge is 0.237 e. The number of hydrogen-bond donors (Lipinski definition) is 1. The summed E-state index contributed by atoms with van der Waals surface area (Å²) in [5.74, 6) is 0.555. The Labute approximate surface area is 91.7 Å². The Balaban J connectivity index is 2.55. The van der Waals surface area contributed by atoms with Crippen molar-refractivity contribution >= 4 is 5.69 Å². The van der Waals surface area contributed by atoms with Crippen molar-refractivity contribution in [3.8, 4) is 5.88 Å². The number of hydrogen-bond acceptors (Lipinski definition) is 3. The highest BCUT2D eigenvalue weighted by atomic mass is 16.5. The number of aryl methyl sites for hydroxylation is 1. The largest absolute Gasteiger partial charge is 0.476 e. The van der Waals surface area contributed by atoms with Crippen molar-refractivity contribution in [1.29, 1.82) is 0 Å². The average Bonchev–Trinajstić information content (AvgIpc) is 2.10. The highest BCUT2D eigenvalue weighted by Crippen LogP contribution is 2.23. The van der Waals surface area contributed by atoms with Crippen LogP contribution in [0.4, 0.5) is 5.69 Å². The summed E-state index contributed by atoms with van der Waals surface area (Å²) in [4.78, 5) is 4.11. The molecule has 2 N–H and O–H groups in total. The van der Waals surface area contributed by atoms with Crippen LogP contribution < -0.4 is 10.5 Å². The van der Waals surface area contributed by atoms with Gasteiger partial charge in [-0.15, -0.1) is 0 Å². The van der Waals surface area contributed by atoms with E-state index in [-0.39, 0.29) is 5.41 Å². The Hall–Kier alpha value is -1.25. The van der Waals surface area contributed by atoms with Gasteiger partial charge >= 0.3 is 0 Å². The Bertz CT molecular complexity index is 329. The van der Waals surface area contributed by atoms with E-state index in [1.165, 1.54) is 0 Å². The predicted octanol–water partition coefficient (Wildman–Crippen LogP) is 2.79. The average molecular weight is 208 g/mol. The van der Waals surface area contributed by atoms with E-state index in [0.29, 0.717) is 18.2 Å². The van der Waals surface area contributed by atoms with Crippen LogP contribution in [0.2, 0.25) is 0 Å². The van der Waals surface area contributed by atoms with Crippen LogP contribution in [0.1, 0.15) is 32.8 Å². The van der Waals surface area contributed by atoms with Gasteiger partial charge in [0.1, 0.15) is 0 Å². The standard InChI is InChI=1S/C12H20N2O/c1-9-5-7-14-11(10(9)13)15-8-6-12(2,3)4/h5,7H,6,8,13H2,1-4H3. The van der Waals surface area contributed by atoms with Crippen LogP contribution in [0.3, 0.4) is 0 Å². The molecule has 0 fully saturated rings. The number of aromatic nitrogens is 1. The van der Waals surface area contributed by atoms with E-state index in [1.807, 2.05) is 13.0 Å². The van der Waals surface area contributed by atoms with Gasteiger partial charge in [-0.25, -0.2) is 4.98 Å². The van der Waals surface area contributed by atoms with Gasteiger partial charge in [0.05, 0.1) is 12.3 Å². The zero-order valence-electron chi connectivity index (χ0n) is 10.0. The molecule has 0 saturated carbocycles. The molecule has 0 aromatic carbocycles. The normalized spacial score (nSPS) is 11.5. The molecule has 0 aliphatic carbocycles. The molecule has 0 amide bonds. The summed E-state index contributed by atoms with van der Waals surface area (Å²) in [5, 5.41) is 0. The number of pyridine rings is 1. The first-order valence-electron chi connectivity index (χ1n) is 5.24. The quantitative estimate of drug-likeness (QED) is 0.831. The zero-order chi connectivity index (χ0) is 11.5. The molecule has 0 bridgehead atoms. The van der Waals surface area contributed by atoms with Gasteiger partial charge in [0.2, 0.25) is 5.88 Å². The molecule has 1 rings (SSSR count). The fourth-order valence-electron chi connectivity index (χ4n) is 1.11. The maximum Gasteiger partial charge on any atom is 0.237 e. The van der Waals surface area contributed by atoms with Crippen LogP contribution in [0, 0.1) is 12.3 Å². The Morgan fingerprint density at radius 3 is 2.67 bits per heavy atom. The molecule has 84 valence electrons. The summed E-state index contributed by atoms with van der Waals surface area (Å²) in [5.41, 5.74) is 7.78. The Kier molecular flexibility index (Phi) is 3.56. The molecule has 1 heterocycles. The number of nitrogens with zero attached hydrogens (tertiary/aromatic N) is 1. The Morgan fingerprint density at radius 1 is 1.40 bits per heavy atom. The number of ether oxygens (including phenoxy) is 1. The minimum absolute atomic E-state index is 0.276. The summed E-state index contributed by atoms with van der Waals surface area (Å²) in [6.07, 6.45) is 2.71. The molecular formula is C12H20N2O. The van der Waals surface area contributed by atoms with E-state index in [4.69, 9.17) is 10.5 Å². The number of anilines is 1. The van der Waals surface area contributed by atoms with E-state index in [2.05, 4.69) is 25.8 Å². The lowest BCUT2D eigenvalue weighted by molar-refractivity contribution is 0.237. The van der Waals surface area contributed by atoms with Gasteiger partial charge in [0.15, 0.2) is 0 Å². The van der Waals surface area contributed by atoms with Gasteiger partial charge in [-0.1, -0.05) is 20.8 Å². The van der Waals surface area contributed by atoms with Gasteiger partial charge in [-0.2, -0.15) is 0 Å². The molecule has 0 aliphatic rings. The third-order valence-electron chi connectivity index (χ3n) is 2.26. The van der Waals surface area contributed by atoms with E-state index in [9.17, 15) is 0 Å². The lowest BCUT2D eigenvalue weighted by Crippen LogP contribution is -2.12. The maximum absolute atomic E-state index is 5.84. The summed E-state index contributed by atoms with van der Waals surface area (Å²) >= 11 is 0. The summed E-state index contributed by atoms with van der Waals surface area (Å²) in [6.45, 7) is 9.16. The molecule has 1 aromatic rings. The van der Waals surface area contributed by atoms with Gasteiger partial charge in [0.25, 0.3) is 0 Å². The van der Waals surface area contributed by atoms with Crippen molar-refractivity contribution < 1.29 is 4.74 Å². The fraction of sp³-hybridized carbons (Fsp3) is 0.583. The third kappa shape index (κ3) is 3.78. The SMILES string of the molecule is Cc1ccnc(OCCC(C)(C)C)c1N. The summed E-state index contributed by atoms with van der Waals surface area (Å²) in [7, 11) is 0. The second-order valence-corrected chi connectivity index (χ2v) is 5.01. The summed E-state index contributed by atoms with van der Waals surface area (Å²) < 4.78 is 5.56. The molecule has 0 aliphatic heterocycles. The highest BCUT2D eigenvalue weighted by molar-refractivity contribution is 5.53. The van der Waals surface area contributed by atoms with Gasteiger partial charge in [-0.05, 0) is 30.4 Å². The molecule has 0 unspecified atom stereocenters. The second-order valence-electron chi connectivity index (χ2n) is 5.01. The van der Waals surface area contributed by atoms with Crippen molar-refractivity contribution in [2.45, 2.75) is 34.1 Å².